The Morgan fingerprint density at radius 2 is 1.20 bits per heavy atom. The molecule has 0 aromatic rings. The molecule has 4 atom stereocenters. The van der Waals surface area contributed by atoms with Crippen molar-refractivity contribution in [2.75, 3.05) is 26.4 Å². The lowest BCUT2D eigenvalue weighted by atomic mass is 10.1. The van der Waals surface area contributed by atoms with E-state index in [-0.39, 0.29) is 39.0 Å². The molecule has 314 valence electrons. The third-order valence-corrected chi connectivity index (χ3v) is 8.93. The van der Waals surface area contributed by atoms with E-state index in [1.54, 1.807) is 36.5 Å². The number of hydrogen-bond acceptors (Lipinski definition) is 10. The fourth-order valence-electron chi connectivity index (χ4n) is 4.83. The number of phosphoric ester groups is 1. The lowest BCUT2D eigenvalue weighted by molar-refractivity contribution is -0.161. The van der Waals surface area contributed by atoms with Gasteiger partial charge >= 0.3 is 19.8 Å². The van der Waals surface area contributed by atoms with Crippen molar-refractivity contribution < 1.29 is 47.8 Å². The molecular weight excluding hydrogens is 721 g/mol. The number of aliphatic hydroxyl groups is 2. The Bertz CT molecular complexity index is 1210. The summed E-state index contributed by atoms with van der Waals surface area (Å²) in [5, 5.41) is 20.3. The topological polar surface area (TPSA) is 175 Å². The van der Waals surface area contributed by atoms with Crippen LogP contribution in [0.2, 0.25) is 0 Å². The lowest BCUT2D eigenvalue weighted by Crippen LogP contribution is -2.29. The summed E-state index contributed by atoms with van der Waals surface area (Å²) in [6.07, 6.45) is 39.6. The lowest BCUT2D eigenvalue weighted by Gasteiger charge is -2.20. The van der Waals surface area contributed by atoms with E-state index in [0.717, 1.165) is 44.9 Å². The summed E-state index contributed by atoms with van der Waals surface area (Å²) in [5.41, 5.74) is 5.32. The predicted molar refractivity (Wildman–Crippen MR) is 222 cm³/mol. The molecule has 55 heavy (non-hydrogen) atoms. The number of carbonyl (C=O) groups excluding carboxylic acids is 2. The van der Waals surface area contributed by atoms with Crippen molar-refractivity contribution in [2.45, 2.75) is 148 Å². The zero-order chi connectivity index (χ0) is 40.7. The highest BCUT2D eigenvalue weighted by Gasteiger charge is 2.26. The smallest absolute Gasteiger partial charge is 0.462 e. The van der Waals surface area contributed by atoms with E-state index in [9.17, 15) is 29.3 Å². The summed E-state index contributed by atoms with van der Waals surface area (Å²) in [4.78, 5) is 34.8. The van der Waals surface area contributed by atoms with Crippen molar-refractivity contribution in [3.8, 4) is 0 Å². The van der Waals surface area contributed by atoms with Gasteiger partial charge in [-0.25, -0.2) is 4.57 Å². The molecule has 0 saturated carbocycles. The highest BCUT2D eigenvalue weighted by atomic mass is 31.2. The fraction of sp³-hybridized carbons (Fsp3) is 0.628. The third-order valence-electron chi connectivity index (χ3n) is 7.94. The van der Waals surface area contributed by atoms with Crippen LogP contribution in [0, 0.1) is 0 Å². The largest absolute Gasteiger partial charge is 0.472 e. The molecule has 0 radical (unpaired) electrons. The van der Waals surface area contributed by atoms with Crippen LogP contribution in [0.1, 0.15) is 129 Å². The van der Waals surface area contributed by atoms with Gasteiger partial charge in [0.05, 0.1) is 25.4 Å². The van der Waals surface area contributed by atoms with Crippen LogP contribution in [0.5, 0.6) is 0 Å². The number of rotatable bonds is 36. The molecule has 0 heterocycles. The van der Waals surface area contributed by atoms with Crippen LogP contribution in [0.15, 0.2) is 85.1 Å². The molecule has 0 aliphatic heterocycles. The van der Waals surface area contributed by atoms with Gasteiger partial charge in [0.2, 0.25) is 0 Å². The zero-order valence-electron chi connectivity index (χ0n) is 33.6. The number of unbranched alkanes of at least 4 members (excludes halogenated alkanes) is 8. The number of ether oxygens (including phenoxy) is 2. The van der Waals surface area contributed by atoms with Crippen molar-refractivity contribution >= 4 is 19.8 Å². The van der Waals surface area contributed by atoms with Crippen molar-refractivity contribution in [3.63, 3.8) is 0 Å². The fourth-order valence-corrected chi connectivity index (χ4v) is 5.60. The summed E-state index contributed by atoms with van der Waals surface area (Å²) in [6.45, 7) is 3.27. The van der Waals surface area contributed by atoms with Gasteiger partial charge in [0.25, 0.3) is 0 Å². The molecule has 0 amide bonds. The van der Waals surface area contributed by atoms with Gasteiger partial charge in [-0.3, -0.25) is 18.6 Å². The van der Waals surface area contributed by atoms with Crippen molar-refractivity contribution in [2.24, 2.45) is 5.73 Å². The quantitative estimate of drug-likeness (QED) is 0.0157. The first-order chi connectivity index (χ1) is 26.6. The molecule has 0 spiro atoms. The molecule has 0 aromatic heterocycles. The van der Waals surface area contributed by atoms with E-state index < -0.39 is 44.7 Å². The Kier molecular flexibility index (Phi) is 36.0. The van der Waals surface area contributed by atoms with E-state index >= 15 is 0 Å². The first kappa shape index (κ1) is 52.1. The molecule has 5 N–H and O–H groups in total. The van der Waals surface area contributed by atoms with Gasteiger partial charge in [-0.05, 0) is 77.0 Å². The molecule has 0 aliphatic rings. The molecule has 0 aliphatic carbocycles. The van der Waals surface area contributed by atoms with Crippen LogP contribution in [0.3, 0.4) is 0 Å². The summed E-state index contributed by atoms with van der Waals surface area (Å²) >= 11 is 0. The highest BCUT2D eigenvalue weighted by Crippen LogP contribution is 2.43. The van der Waals surface area contributed by atoms with Crippen LogP contribution in [-0.2, 0) is 32.7 Å². The molecule has 0 fully saturated rings. The van der Waals surface area contributed by atoms with E-state index in [1.165, 1.54) is 32.1 Å². The van der Waals surface area contributed by atoms with Crippen molar-refractivity contribution in [1.82, 2.24) is 0 Å². The Hall–Kier alpha value is -2.89. The number of phosphoric acid groups is 1. The number of carbonyl (C=O) groups is 2. The van der Waals surface area contributed by atoms with Crippen LogP contribution in [-0.4, -0.2) is 71.7 Å². The highest BCUT2D eigenvalue weighted by molar-refractivity contribution is 7.47. The van der Waals surface area contributed by atoms with Crippen LogP contribution < -0.4 is 5.73 Å². The van der Waals surface area contributed by atoms with Crippen LogP contribution in [0.4, 0.5) is 0 Å². The molecule has 0 bridgehead atoms. The SMILES string of the molecule is CCCCC/C=C\C/C=C\C/C=C\CCCCC(=O)OC[C@H](COP(=O)(O)OCCN)OC(=O)CCC[C@@H](O)\C=C/C=C/C=C/[C@@H](O)C/C=C\CCCCC. The Labute approximate surface area is 331 Å². The normalized spacial score (nSPS) is 15.4. The maximum absolute atomic E-state index is 12.6. The van der Waals surface area contributed by atoms with Gasteiger partial charge in [-0.2, -0.15) is 0 Å². The second-order valence-electron chi connectivity index (χ2n) is 13.2. The molecule has 1 unspecified atom stereocenters. The third kappa shape index (κ3) is 37.8. The summed E-state index contributed by atoms with van der Waals surface area (Å²) in [6, 6.07) is 0. The maximum atomic E-state index is 12.6. The average molecular weight is 794 g/mol. The van der Waals surface area contributed by atoms with Gasteiger partial charge in [-0.15, -0.1) is 0 Å². The van der Waals surface area contributed by atoms with Gasteiger partial charge in [-0.1, -0.05) is 125 Å². The Balaban J connectivity index is 4.56. The van der Waals surface area contributed by atoms with E-state index in [2.05, 4.69) is 56.4 Å². The standard InChI is InChI=1S/C43H72NO10P/c1-3-5-7-9-11-12-13-14-15-16-17-18-19-21-27-33-42(47)51-37-41(38-53-55(49,50)52-36-35-44)54-43(48)34-28-32-40(46)31-26-23-22-25-30-39(45)29-24-20-10-8-6-4-2/h11-12,14-15,17-18,20,22-26,30-31,39-41,45-46H,3-10,13,16,19,21,27-29,32-38,44H2,1-2H3,(H,49,50)/b12-11-,15-14-,18-17-,23-22+,24-20-,30-25+,31-26-/t39-,40-,41+/m0/s1. The number of allylic oxidation sites excluding steroid dienone is 11. The summed E-state index contributed by atoms with van der Waals surface area (Å²) < 4.78 is 32.5. The Morgan fingerprint density at radius 1 is 0.655 bits per heavy atom. The average Bonchev–Trinajstić information content (AvgIpc) is 3.16. The first-order valence-corrected chi connectivity index (χ1v) is 21.8. The minimum Gasteiger partial charge on any atom is -0.462 e. The van der Waals surface area contributed by atoms with E-state index in [0.29, 0.717) is 19.3 Å². The van der Waals surface area contributed by atoms with Crippen LogP contribution in [0.25, 0.3) is 0 Å². The van der Waals surface area contributed by atoms with Gasteiger partial charge in [0, 0.05) is 19.4 Å². The van der Waals surface area contributed by atoms with Crippen molar-refractivity contribution in [1.29, 1.82) is 0 Å². The molecule has 11 nitrogen and oxygen atoms in total. The summed E-state index contributed by atoms with van der Waals surface area (Å²) in [7, 11) is -4.46. The number of hydrogen-bond donors (Lipinski definition) is 4. The molecule has 0 rings (SSSR count). The second kappa shape index (κ2) is 38.0. The Morgan fingerprint density at radius 3 is 1.80 bits per heavy atom. The van der Waals surface area contributed by atoms with E-state index in [1.807, 2.05) is 6.08 Å². The van der Waals surface area contributed by atoms with E-state index in [4.69, 9.17) is 24.3 Å². The first-order valence-electron chi connectivity index (χ1n) is 20.3. The number of aliphatic hydroxyl groups excluding tert-OH is 2. The second-order valence-corrected chi connectivity index (χ2v) is 14.6. The van der Waals surface area contributed by atoms with Gasteiger partial charge in [0.15, 0.2) is 6.10 Å². The maximum Gasteiger partial charge on any atom is 0.472 e. The minimum atomic E-state index is -4.46. The molecule has 0 aromatic carbocycles. The van der Waals surface area contributed by atoms with Crippen molar-refractivity contribution in [3.05, 3.63) is 85.1 Å². The van der Waals surface area contributed by atoms with Gasteiger partial charge in [0.1, 0.15) is 6.61 Å². The number of nitrogens with two attached hydrogens (primary N) is 1. The summed E-state index contributed by atoms with van der Waals surface area (Å²) in [5.74, 6) is -1.13. The molecule has 0 saturated heterocycles. The molecular formula is C43H72NO10P. The number of esters is 2. The van der Waals surface area contributed by atoms with Gasteiger partial charge < -0.3 is 30.3 Å². The zero-order valence-corrected chi connectivity index (χ0v) is 34.5. The minimum absolute atomic E-state index is 0.00374. The monoisotopic (exact) mass is 793 g/mol. The van der Waals surface area contributed by atoms with Crippen LogP contribution >= 0.6 is 7.82 Å². The molecule has 12 heteroatoms. The predicted octanol–water partition coefficient (Wildman–Crippen LogP) is 9.21.